The second-order valence-electron chi connectivity index (χ2n) is 4.53. The zero-order chi connectivity index (χ0) is 12.5. The quantitative estimate of drug-likeness (QED) is 0.845. The van der Waals surface area contributed by atoms with E-state index in [0.29, 0.717) is 12.8 Å². The van der Waals surface area contributed by atoms with Gasteiger partial charge in [0.1, 0.15) is 5.82 Å². The lowest BCUT2D eigenvalue weighted by atomic mass is 10.2. The Balaban J connectivity index is 2.23. The van der Waals surface area contributed by atoms with Gasteiger partial charge in [-0.1, -0.05) is 25.0 Å². The molecular weight excluding hydrogens is 241 g/mol. The van der Waals surface area contributed by atoms with Crippen LogP contribution in [0.5, 0.6) is 0 Å². The number of nitrogen functional groups attached to an aromatic ring is 1. The molecule has 3 nitrogen and oxygen atoms in total. The largest absolute Gasteiger partial charge is 0.396 e. The molecule has 0 aliphatic heterocycles. The maximum absolute atomic E-state index is 13.6. The van der Waals surface area contributed by atoms with E-state index in [4.69, 9.17) is 5.73 Å². The molecule has 0 spiro atoms. The molecule has 0 aromatic heterocycles. The minimum absolute atomic E-state index is 0.00382. The smallest absolute Gasteiger partial charge is 0.157 e. The molecule has 94 valence electrons. The van der Waals surface area contributed by atoms with Gasteiger partial charge in [-0.25, -0.2) is 12.8 Å². The highest BCUT2D eigenvalue weighted by Gasteiger charge is 2.29. The second-order valence-corrected chi connectivity index (χ2v) is 6.82. The van der Waals surface area contributed by atoms with Crippen molar-refractivity contribution in [2.24, 2.45) is 0 Å². The fraction of sp³-hybridized carbons (Fsp3) is 0.500. The number of rotatable bonds is 3. The fourth-order valence-electron chi connectivity index (χ4n) is 2.29. The Morgan fingerprint density at radius 2 is 1.94 bits per heavy atom. The fourth-order valence-corrected chi connectivity index (χ4v) is 4.24. The molecule has 5 heteroatoms. The Labute approximate surface area is 101 Å². The van der Waals surface area contributed by atoms with Gasteiger partial charge in [0.25, 0.3) is 0 Å². The van der Waals surface area contributed by atoms with E-state index in [0.717, 1.165) is 12.8 Å². The first-order valence-electron chi connectivity index (χ1n) is 5.75. The van der Waals surface area contributed by atoms with Crippen LogP contribution in [0.25, 0.3) is 0 Å². The van der Waals surface area contributed by atoms with Gasteiger partial charge in [-0.2, -0.15) is 0 Å². The molecule has 0 heterocycles. The summed E-state index contributed by atoms with van der Waals surface area (Å²) < 4.78 is 37.7. The topological polar surface area (TPSA) is 60.2 Å². The molecule has 17 heavy (non-hydrogen) atoms. The molecule has 2 N–H and O–H groups in total. The van der Waals surface area contributed by atoms with Crippen LogP contribution in [0.15, 0.2) is 18.2 Å². The first-order chi connectivity index (χ1) is 8.00. The summed E-state index contributed by atoms with van der Waals surface area (Å²) in [6.45, 7) is 0. The predicted molar refractivity (Wildman–Crippen MR) is 65.7 cm³/mol. The number of benzene rings is 1. The number of halogens is 1. The van der Waals surface area contributed by atoms with Gasteiger partial charge in [-0.3, -0.25) is 0 Å². The van der Waals surface area contributed by atoms with Gasteiger partial charge < -0.3 is 5.73 Å². The van der Waals surface area contributed by atoms with E-state index in [1.165, 1.54) is 12.1 Å². The van der Waals surface area contributed by atoms with Crippen molar-refractivity contribution >= 4 is 15.5 Å². The normalized spacial score (nSPS) is 17.5. The number of hydrogen-bond acceptors (Lipinski definition) is 3. The van der Waals surface area contributed by atoms with Gasteiger partial charge in [0.15, 0.2) is 9.84 Å². The van der Waals surface area contributed by atoms with Crippen molar-refractivity contribution in [3.8, 4) is 0 Å². The van der Waals surface area contributed by atoms with Gasteiger partial charge in [-0.15, -0.1) is 0 Å². The lowest BCUT2D eigenvalue weighted by Gasteiger charge is -2.12. The number of nitrogens with two attached hydrogens (primary N) is 1. The minimum Gasteiger partial charge on any atom is -0.396 e. The van der Waals surface area contributed by atoms with Crippen LogP contribution in [-0.2, 0) is 15.6 Å². The molecule has 1 saturated carbocycles. The van der Waals surface area contributed by atoms with Crippen LogP contribution in [-0.4, -0.2) is 13.7 Å². The zero-order valence-corrected chi connectivity index (χ0v) is 10.3. The van der Waals surface area contributed by atoms with E-state index in [2.05, 4.69) is 0 Å². The molecule has 0 amide bonds. The molecule has 2 rings (SSSR count). The Morgan fingerprint density at radius 1 is 1.29 bits per heavy atom. The van der Waals surface area contributed by atoms with Gasteiger partial charge in [0.2, 0.25) is 0 Å². The standard InChI is InChI=1S/C12H16FNO2S/c13-12-9(4-3-7-11(12)14)8-17(15,16)10-5-1-2-6-10/h3-4,7,10H,1-2,5-6,8,14H2. The molecule has 0 atom stereocenters. The monoisotopic (exact) mass is 257 g/mol. The summed E-state index contributed by atoms with van der Waals surface area (Å²) in [5.74, 6) is -0.844. The second kappa shape index (κ2) is 4.64. The molecule has 1 aliphatic carbocycles. The Kier molecular flexibility index (Phi) is 3.38. The molecule has 1 aromatic carbocycles. The van der Waals surface area contributed by atoms with Crippen molar-refractivity contribution in [1.29, 1.82) is 0 Å². The molecule has 0 radical (unpaired) electrons. The lowest BCUT2D eigenvalue weighted by Crippen LogP contribution is -2.20. The number of hydrogen-bond donors (Lipinski definition) is 1. The Morgan fingerprint density at radius 3 is 2.59 bits per heavy atom. The maximum atomic E-state index is 13.6. The van der Waals surface area contributed by atoms with Crippen LogP contribution in [0.4, 0.5) is 10.1 Å². The van der Waals surface area contributed by atoms with Crippen molar-refractivity contribution in [3.63, 3.8) is 0 Å². The van der Waals surface area contributed by atoms with E-state index in [1.807, 2.05) is 0 Å². The van der Waals surface area contributed by atoms with E-state index in [-0.39, 0.29) is 22.3 Å². The van der Waals surface area contributed by atoms with Crippen LogP contribution < -0.4 is 5.73 Å². The van der Waals surface area contributed by atoms with E-state index in [9.17, 15) is 12.8 Å². The average Bonchev–Trinajstić information content (AvgIpc) is 2.78. The maximum Gasteiger partial charge on any atom is 0.157 e. The highest BCUT2D eigenvalue weighted by molar-refractivity contribution is 7.91. The minimum atomic E-state index is -3.25. The summed E-state index contributed by atoms with van der Waals surface area (Å²) in [6.07, 6.45) is 3.30. The van der Waals surface area contributed by atoms with Crippen molar-refractivity contribution in [2.75, 3.05) is 5.73 Å². The lowest BCUT2D eigenvalue weighted by molar-refractivity contribution is 0.573. The first kappa shape index (κ1) is 12.4. The van der Waals surface area contributed by atoms with Crippen LogP contribution >= 0.6 is 0 Å². The van der Waals surface area contributed by atoms with Crippen LogP contribution in [0.1, 0.15) is 31.2 Å². The Hall–Kier alpha value is -1.10. The van der Waals surface area contributed by atoms with E-state index in [1.54, 1.807) is 6.07 Å². The van der Waals surface area contributed by atoms with E-state index >= 15 is 0 Å². The van der Waals surface area contributed by atoms with E-state index < -0.39 is 15.7 Å². The van der Waals surface area contributed by atoms with Crippen molar-refractivity contribution in [2.45, 2.75) is 36.7 Å². The molecule has 1 fully saturated rings. The average molecular weight is 257 g/mol. The van der Waals surface area contributed by atoms with Gasteiger partial charge >= 0.3 is 0 Å². The molecule has 0 unspecified atom stereocenters. The number of sulfone groups is 1. The molecular formula is C12H16FNO2S. The van der Waals surface area contributed by atoms with Crippen molar-refractivity contribution in [3.05, 3.63) is 29.6 Å². The Bertz CT molecular complexity index is 507. The van der Waals surface area contributed by atoms with Crippen molar-refractivity contribution < 1.29 is 12.8 Å². The zero-order valence-electron chi connectivity index (χ0n) is 9.52. The SMILES string of the molecule is Nc1cccc(CS(=O)(=O)C2CCCC2)c1F. The van der Waals surface area contributed by atoms with Crippen LogP contribution in [0, 0.1) is 5.82 Å². The highest BCUT2D eigenvalue weighted by atomic mass is 32.2. The van der Waals surface area contributed by atoms with Crippen molar-refractivity contribution in [1.82, 2.24) is 0 Å². The number of anilines is 1. The predicted octanol–water partition coefficient (Wildman–Crippen LogP) is 2.27. The van der Waals surface area contributed by atoms with Crippen LogP contribution in [0.3, 0.4) is 0 Å². The molecule has 1 aliphatic rings. The van der Waals surface area contributed by atoms with Gasteiger partial charge in [0, 0.05) is 5.56 Å². The molecule has 0 saturated heterocycles. The summed E-state index contributed by atoms with van der Waals surface area (Å²) in [6, 6.07) is 4.50. The van der Waals surface area contributed by atoms with Gasteiger partial charge in [-0.05, 0) is 18.9 Å². The summed E-state index contributed by atoms with van der Waals surface area (Å²) in [4.78, 5) is 0. The summed E-state index contributed by atoms with van der Waals surface area (Å²) in [5, 5.41) is -0.302. The summed E-state index contributed by atoms with van der Waals surface area (Å²) in [5.41, 5.74) is 5.60. The third-order valence-corrected chi connectivity index (χ3v) is 5.48. The highest BCUT2D eigenvalue weighted by Crippen LogP contribution is 2.28. The summed E-state index contributed by atoms with van der Waals surface area (Å²) in [7, 11) is -3.25. The first-order valence-corrected chi connectivity index (χ1v) is 7.46. The van der Waals surface area contributed by atoms with Gasteiger partial charge in [0.05, 0.1) is 16.7 Å². The third kappa shape index (κ3) is 2.60. The molecule has 1 aromatic rings. The summed E-state index contributed by atoms with van der Waals surface area (Å²) >= 11 is 0. The van der Waals surface area contributed by atoms with Crippen LogP contribution in [0.2, 0.25) is 0 Å². The third-order valence-electron chi connectivity index (χ3n) is 3.28. The molecule has 0 bridgehead atoms.